The number of primary amides is 1. The third kappa shape index (κ3) is 1.85. The molecule has 0 spiro atoms. The largest absolute Gasteiger partial charge is 0.368 e. The van der Waals surface area contributed by atoms with Crippen LogP contribution in [0.3, 0.4) is 0 Å². The minimum atomic E-state index is -0.545. The predicted molar refractivity (Wildman–Crippen MR) is 67.3 cm³/mol. The van der Waals surface area contributed by atoms with Gasteiger partial charge in [-0.25, -0.2) is 0 Å². The number of aromatic nitrogens is 1. The number of hydrogen-bond donors (Lipinski definition) is 1. The smallest absolute Gasteiger partial charge is 0.293 e. The average Bonchev–Trinajstić information content (AvgIpc) is 3.05. The Labute approximate surface area is 109 Å². The fourth-order valence-corrected chi connectivity index (χ4v) is 2.48. The van der Waals surface area contributed by atoms with E-state index in [2.05, 4.69) is 5.16 Å². The second-order valence-corrected chi connectivity index (χ2v) is 4.59. The Morgan fingerprint density at radius 1 is 1.37 bits per heavy atom. The molecule has 1 unspecified atom stereocenters. The van der Waals surface area contributed by atoms with Crippen LogP contribution >= 0.6 is 0 Å². The Hall–Kier alpha value is -2.37. The molecule has 0 bridgehead atoms. The van der Waals surface area contributed by atoms with E-state index >= 15 is 0 Å². The van der Waals surface area contributed by atoms with Gasteiger partial charge in [0.05, 0.1) is 5.39 Å². The normalized spacial score (nSPS) is 18.9. The molecular weight excluding hydrogens is 246 g/mol. The van der Waals surface area contributed by atoms with Crippen molar-refractivity contribution in [3.8, 4) is 0 Å². The van der Waals surface area contributed by atoms with Crippen LogP contribution in [0.15, 0.2) is 28.8 Å². The summed E-state index contributed by atoms with van der Waals surface area (Å²) in [5.41, 5.74) is 5.94. The number of carbonyl (C=O) groups excluding carboxylic acids is 2. The molecule has 0 radical (unpaired) electrons. The summed E-state index contributed by atoms with van der Waals surface area (Å²) in [6.07, 6.45) is 1.37. The van der Waals surface area contributed by atoms with Gasteiger partial charge >= 0.3 is 0 Å². The van der Waals surface area contributed by atoms with Crippen molar-refractivity contribution in [2.45, 2.75) is 18.9 Å². The van der Waals surface area contributed by atoms with Crippen molar-refractivity contribution < 1.29 is 14.1 Å². The van der Waals surface area contributed by atoms with Crippen LogP contribution in [-0.4, -0.2) is 34.5 Å². The highest BCUT2D eigenvalue weighted by atomic mass is 16.5. The summed E-state index contributed by atoms with van der Waals surface area (Å²) in [7, 11) is 0. The van der Waals surface area contributed by atoms with Gasteiger partial charge in [-0.2, -0.15) is 0 Å². The van der Waals surface area contributed by atoms with Crippen molar-refractivity contribution in [2.75, 3.05) is 6.54 Å². The molecule has 1 fully saturated rings. The highest BCUT2D eigenvalue weighted by molar-refractivity contribution is 6.05. The van der Waals surface area contributed by atoms with Crippen LogP contribution in [0.5, 0.6) is 0 Å². The number of nitrogens with zero attached hydrogens (tertiary/aromatic N) is 2. The van der Waals surface area contributed by atoms with Gasteiger partial charge < -0.3 is 15.2 Å². The van der Waals surface area contributed by atoms with Crippen LogP contribution in [0.1, 0.15) is 23.4 Å². The van der Waals surface area contributed by atoms with Crippen LogP contribution in [0.4, 0.5) is 0 Å². The predicted octanol–water partition coefficient (Wildman–Crippen LogP) is 0.918. The van der Waals surface area contributed by atoms with E-state index in [4.69, 9.17) is 10.3 Å². The molecule has 2 heterocycles. The first-order valence-corrected chi connectivity index (χ1v) is 6.13. The lowest BCUT2D eigenvalue weighted by Crippen LogP contribution is -2.43. The van der Waals surface area contributed by atoms with E-state index in [0.717, 1.165) is 6.42 Å². The molecule has 2 amide bonds. The molecule has 6 heteroatoms. The van der Waals surface area contributed by atoms with Crippen molar-refractivity contribution in [1.82, 2.24) is 10.1 Å². The van der Waals surface area contributed by atoms with Crippen LogP contribution < -0.4 is 5.73 Å². The van der Waals surface area contributed by atoms with Gasteiger partial charge in [0.2, 0.25) is 11.7 Å². The van der Waals surface area contributed by atoms with E-state index in [9.17, 15) is 9.59 Å². The van der Waals surface area contributed by atoms with Gasteiger partial charge in [0.15, 0.2) is 0 Å². The van der Waals surface area contributed by atoms with Crippen molar-refractivity contribution in [3.05, 3.63) is 30.0 Å². The van der Waals surface area contributed by atoms with E-state index in [0.29, 0.717) is 23.9 Å². The molecule has 0 aliphatic carbocycles. The first-order chi connectivity index (χ1) is 9.18. The molecule has 0 saturated carbocycles. The molecule has 1 aromatic heterocycles. The van der Waals surface area contributed by atoms with Gasteiger partial charge in [-0.3, -0.25) is 9.59 Å². The number of nitrogens with two attached hydrogens (primary N) is 1. The Morgan fingerprint density at radius 3 is 2.95 bits per heavy atom. The Bertz CT molecular complexity index is 649. The molecule has 6 nitrogen and oxygen atoms in total. The number of rotatable bonds is 2. The van der Waals surface area contributed by atoms with E-state index in [1.54, 1.807) is 12.1 Å². The number of likely N-dealkylation sites (tertiary alicyclic amines) is 1. The number of benzene rings is 1. The number of amides is 2. The molecule has 98 valence electrons. The monoisotopic (exact) mass is 259 g/mol. The maximum Gasteiger partial charge on any atom is 0.293 e. The third-order valence-electron chi connectivity index (χ3n) is 3.42. The summed E-state index contributed by atoms with van der Waals surface area (Å²) in [6.45, 7) is 0.515. The molecule has 2 aromatic rings. The summed E-state index contributed by atoms with van der Waals surface area (Å²) < 4.78 is 5.12. The maximum atomic E-state index is 12.4. The van der Waals surface area contributed by atoms with Gasteiger partial charge in [-0.15, -0.1) is 0 Å². The van der Waals surface area contributed by atoms with Crippen molar-refractivity contribution >= 4 is 22.7 Å². The Balaban J connectivity index is 1.98. The summed E-state index contributed by atoms with van der Waals surface area (Å²) in [5.74, 6) is -0.631. The molecule has 19 heavy (non-hydrogen) atoms. The molecule has 1 aliphatic heterocycles. The fraction of sp³-hybridized carbons (Fsp3) is 0.308. The zero-order chi connectivity index (χ0) is 13.4. The van der Waals surface area contributed by atoms with Crippen molar-refractivity contribution in [2.24, 2.45) is 5.73 Å². The molecule has 2 N–H and O–H groups in total. The van der Waals surface area contributed by atoms with Crippen molar-refractivity contribution in [3.63, 3.8) is 0 Å². The van der Waals surface area contributed by atoms with E-state index in [1.807, 2.05) is 12.1 Å². The van der Waals surface area contributed by atoms with E-state index in [1.165, 1.54) is 4.90 Å². The summed E-state index contributed by atoms with van der Waals surface area (Å²) >= 11 is 0. The Kier molecular flexibility index (Phi) is 2.70. The van der Waals surface area contributed by atoms with E-state index < -0.39 is 11.9 Å². The van der Waals surface area contributed by atoms with Crippen LogP contribution in [-0.2, 0) is 4.79 Å². The first kappa shape index (κ1) is 11.7. The molecular formula is C13H13N3O3. The van der Waals surface area contributed by atoms with Crippen LogP contribution in [0.25, 0.3) is 10.9 Å². The van der Waals surface area contributed by atoms with E-state index in [-0.39, 0.29) is 11.7 Å². The maximum absolute atomic E-state index is 12.4. The minimum Gasteiger partial charge on any atom is -0.368 e. The standard InChI is InChI=1S/C13H13N3O3/c14-12(17)10-6-3-7-16(10)13(18)11-8-4-1-2-5-9(8)15-19-11/h1-2,4-5,10H,3,6-7H2,(H2,14,17). The molecule has 3 rings (SSSR count). The quantitative estimate of drug-likeness (QED) is 0.868. The van der Waals surface area contributed by atoms with Crippen LogP contribution in [0, 0.1) is 0 Å². The number of carbonyl (C=O) groups is 2. The van der Waals surface area contributed by atoms with Crippen LogP contribution in [0.2, 0.25) is 0 Å². The highest BCUT2D eigenvalue weighted by Gasteiger charge is 2.35. The SMILES string of the molecule is NC(=O)C1CCCN1C(=O)c1onc2ccccc12. The summed E-state index contributed by atoms with van der Waals surface area (Å²) in [4.78, 5) is 25.2. The topological polar surface area (TPSA) is 89.4 Å². The average molecular weight is 259 g/mol. The molecule has 1 atom stereocenters. The third-order valence-corrected chi connectivity index (χ3v) is 3.42. The lowest BCUT2D eigenvalue weighted by molar-refractivity contribution is -0.121. The minimum absolute atomic E-state index is 0.170. The molecule has 1 saturated heterocycles. The summed E-state index contributed by atoms with van der Waals surface area (Å²) in [5, 5.41) is 4.50. The van der Waals surface area contributed by atoms with Gasteiger partial charge in [-0.05, 0) is 25.0 Å². The molecule has 1 aliphatic rings. The second-order valence-electron chi connectivity index (χ2n) is 4.59. The zero-order valence-corrected chi connectivity index (χ0v) is 10.2. The summed E-state index contributed by atoms with van der Waals surface area (Å²) in [6, 6.07) is 6.63. The highest BCUT2D eigenvalue weighted by Crippen LogP contribution is 2.24. The lowest BCUT2D eigenvalue weighted by atomic mass is 10.2. The van der Waals surface area contributed by atoms with Gasteiger partial charge in [0.1, 0.15) is 11.6 Å². The van der Waals surface area contributed by atoms with Gasteiger partial charge in [0.25, 0.3) is 5.91 Å². The zero-order valence-electron chi connectivity index (χ0n) is 10.2. The van der Waals surface area contributed by atoms with Gasteiger partial charge in [0, 0.05) is 6.54 Å². The van der Waals surface area contributed by atoms with Crippen molar-refractivity contribution in [1.29, 1.82) is 0 Å². The first-order valence-electron chi connectivity index (χ1n) is 6.13. The second kappa shape index (κ2) is 4.38. The number of fused-ring (bicyclic) bond motifs is 1. The van der Waals surface area contributed by atoms with Gasteiger partial charge in [-0.1, -0.05) is 17.3 Å². The molecule has 1 aromatic carbocycles. The lowest BCUT2D eigenvalue weighted by Gasteiger charge is -2.20. The fourth-order valence-electron chi connectivity index (χ4n) is 2.48. The Morgan fingerprint density at radius 2 is 2.16 bits per heavy atom. The number of hydrogen-bond acceptors (Lipinski definition) is 4.